The molecule has 0 aliphatic heterocycles. The first kappa shape index (κ1) is 19.8. The van der Waals surface area contributed by atoms with Gasteiger partial charge >= 0.3 is 0 Å². The summed E-state index contributed by atoms with van der Waals surface area (Å²) in [5.74, 6) is 0.949. The largest absolute Gasteiger partial charge is 0.493 e. The lowest BCUT2D eigenvalue weighted by Gasteiger charge is -2.09. The second kappa shape index (κ2) is 10.6. The van der Waals surface area contributed by atoms with Gasteiger partial charge in [0.05, 0.1) is 6.61 Å². The number of ether oxygens (including phenoxy) is 1. The van der Waals surface area contributed by atoms with Crippen molar-refractivity contribution in [2.75, 3.05) is 18.9 Å². The second-order valence-electron chi connectivity index (χ2n) is 5.56. The number of hydrogen-bond acceptors (Lipinski definition) is 3. The Morgan fingerprint density at radius 2 is 1.83 bits per heavy atom. The number of carbonyl (C=O) groups excluding carboxylic acids is 1. The van der Waals surface area contributed by atoms with Crippen LogP contribution in [0.4, 0.5) is 5.69 Å². The van der Waals surface area contributed by atoms with Crippen LogP contribution in [0, 0.1) is 6.92 Å². The summed E-state index contributed by atoms with van der Waals surface area (Å²) < 4.78 is 5.68. The lowest BCUT2D eigenvalue weighted by atomic mass is 10.1. The van der Waals surface area contributed by atoms with Gasteiger partial charge in [-0.15, -0.1) is 12.4 Å². The van der Waals surface area contributed by atoms with Crippen molar-refractivity contribution < 1.29 is 9.53 Å². The molecule has 0 spiro atoms. The highest BCUT2D eigenvalue weighted by Gasteiger charge is 2.02. The summed E-state index contributed by atoms with van der Waals surface area (Å²) in [5, 5.41) is 2.93. The molecule has 2 rings (SSSR count). The van der Waals surface area contributed by atoms with Gasteiger partial charge in [0.1, 0.15) is 5.75 Å². The van der Waals surface area contributed by atoms with Crippen LogP contribution in [0.25, 0.3) is 0 Å². The number of amides is 1. The summed E-state index contributed by atoms with van der Waals surface area (Å²) in [4.78, 5) is 11.8. The maximum Gasteiger partial charge on any atom is 0.220 e. The number of hydrogen-bond donors (Lipinski definition) is 2. The Kier molecular flexibility index (Phi) is 8.72. The lowest BCUT2D eigenvalue weighted by molar-refractivity contribution is -0.121. The number of aryl methyl sites for hydroxylation is 1. The molecule has 0 aromatic heterocycles. The predicted octanol–water partition coefficient (Wildman–Crippen LogP) is 3.52. The Hall–Kier alpha value is -2.20. The molecule has 2 aromatic carbocycles. The fourth-order valence-electron chi connectivity index (χ4n) is 2.25. The highest BCUT2D eigenvalue weighted by Crippen LogP contribution is 2.16. The predicted molar refractivity (Wildman–Crippen MR) is 101 cm³/mol. The van der Waals surface area contributed by atoms with Crippen LogP contribution in [-0.2, 0) is 11.2 Å². The molecule has 2 aromatic rings. The third-order valence-electron chi connectivity index (χ3n) is 3.61. The molecule has 0 fully saturated rings. The number of rotatable bonds is 8. The zero-order chi connectivity index (χ0) is 16.5. The van der Waals surface area contributed by atoms with Crippen molar-refractivity contribution in [1.29, 1.82) is 0 Å². The van der Waals surface area contributed by atoms with E-state index in [0.717, 1.165) is 23.4 Å². The molecule has 0 bridgehead atoms. The minimum Gasteiger partial charge on any atom is -0.493 e. The van der Waals surface area contributed by atoms with Crippen LogP contribution in [0.2, 0.25) is 0 Å². The van der Waals surface area contributed by atoms with E-state index in [2.05, 4.69) is 5.32 Å². The van der Waals surface area contributed by atoms with E-state index in [9.17, 15) is 4.79 Å². The van der Waals surface area contributed by atoms with Gasteiger partial charge in [0.25, 0.3) is 0 Å². The van der Waals surface area contributed by atoms with E-state index in [0.29, 0.717) is 26.0 Å². The van der Waals surface area contributed by atoms with E-state index in [4.69, 9.17) is 10.5 Å². The quantitative estimate of drug-likeness (QED) is 0.566. The SMILES string of the molecule is Cc1ccccc1OCCCC(=O)NCCc1ccc(N)cc1.Cl. The first-order chi connectivity index (χ1) is 11.1. The summed E-state index contributed by atoms with van der Waals surface area (Å²) in [6.07, 6.45) is 2.00. The van der Waals surface area contributed by atoms with Crippen molar-refractivity contribution in [2.24, 2.45) is 0 Å². The number of benzene rings is 2. The van der Waals surface area contributed by atoms with Crippen molar-refractivity contribution in [3.05, 3.63) is 59.7 Å². The van der Waals surface area contributed by atoms with Gasteiger partial charge in [-0.25, -0.2) is 0 Å². The number of nitrogen functional groups attached to an aromatic ring is 1. The Balaban J connectivity index is 0.00000288. The molecule has 1 amide bonds. The molecule has 0 heterocycles. The molecule has 0 saturated heterocycles. The third-order valence-corrected chi connectivity index (χ3v) is 3.61. The molecule has 3 N–H and O–H groups in total. The highest BCUT2D eigenvalue weighted by molar-refractivity contribution is 5.85. The maximum atomic E-state index is 11.8. The van der Waals surface area contributed by atoms with Crippen LogP contribution < -0.4 is 15.8 Å². The van der Waals surface area contributed by atoms with Crippen molar-refractivity contribution in [3.8, 4) is 5.75 Å². The Morgan fingerprint density at radius 3 is 2.54 bits per heavy atom. The monoisotopic (exact) mass is 348 g/mol. The minimum atomic E-state index is 0. The Morgan fingerprint density at radius 1 is 1.12 bits per heavy atom. The number of halogens is 1. The van der Waals surface area contributed by atoms with Gasteiger partial charge in [-0.2, -0.15) is 0 Å². The highest BCUT2D eigenvalue weighted by atomic mass is 35.5. The molecule has 0 saturated carbocycles. The average Bonchev–Trinajstić information content (AvgIpc) is 2.55. The summed E-state index contributed by atoms with van der Waals surface area (Å²) in [5.41, 5.74) is 8.68. The van der Waals surface area contributed by atoms with Crippen molar-refractivity contribution in [3.63, 3.8) is 0 Å². The van der Waals surface area contributed by atoms with Crippen molar-refractivity contribution in [1.82, 2.24) is 5.32 Å². The molecule has 0 aliphatic rings. The number of carbonyl (C=O) groups is 1. The van der Waals surface area contributed by atoms with E-state index in [1.165, 1.54) is 5.56 Å². The van der Waals surface area contributed by atoms with E-state index >= 15 is 0 Å². The van der Waals surface area contributed by atoms with Gasteiger partial charge in [0.15, 0.2) is 0 Å². The molecule has 0 radical (unpaired) electrons. The first-order valence-electron chi connectivity index (χ1n) is 7.94. The van der Waals surface area contributed by atoms with Gasteiger partial charge in [-0.05, 0) is 49.1 Å². The number of nitrogens with two attached hydrogens (primary N) is 1. The summed E-state index contributed by atoms with van der Waals surface area (Å²) in [6.45, 7) is 3.21. The molecule has 0 atom stereocenters. The lowest BCUT2D eigenvalue weighted by Crippen LogP contribution is -2.25. The van der Waals surface area contributed by atoms with Crippen LogP contribution in [-0.4, -0.2) is 19.1 Å². The van der Waals surface area contributed by atoms with Gasteiger partial charge in [0.2, 0.25) is 5.91 Å². The molecular formula is C19H25ClN2O2. The van der Waals surface area contributed by atoms with Gasteiger partial charge in [-0.1, -0.05) is 30.3 Å². The summed E-state index contributed by atoms with van der Waals surface area (Å²) >= 11 is 0. The fraction of sp³-hybridized carbons (Fsp3) is 0.316. The Bertz CT molecular complexity index is 630. The van der Waals surface area contributed by atoms with Gasteiger partial charge in [-0.3, -0.25) is 4.79 Å². The standard InChI is InChI=1S/C19H24N2O2.ClH/c1-15-5-2-3-6-18(15)23-14-4-7-19(22)21-13-12-16-8-10-17(20)11-9-16;/h2-3,5-6,8-11H,4,7,12-14,20H2,1H3,(H,21,22);1H. The van der Waals surface area contributed by atoms with E-state index in [-0.39, 0.29) is 18.3 Å². The third kappa shape index (κ3) is 6.92. The topological polar surface area (TPSA) is 64.3 Å². The molecule has 0 aliphatic carbocycles. The van der Waals surface area contributed by atoms with Crippen LogP contribution in [0.3, 0.4) is 0 Å². The van der Waals surface area contributed by atoms with Crippen LogP contribution in [0.15, 0.2) is 48.5 Å². The van der Waals surface area contributed by atoms with Crippen molar-refractivity contribution >= 4 is 24.0 Å². The van der Waals surface area contributed by atoms with Crippen LogP contribution >= 0.6 is 12.4 Å². The summed E-state index contributed by atoms with van der Waals surface area (Å²) in [7, 11) is 0. The normalized spacial score (nSPS) is 9.88. The van der Waals surface area contributed by atoms with Crippen LogP contribution in [0.5, 0.6) is 5.75 Å². The molecule has 130 valence electrons. The summed E-state index contributed by atoms with van der Waals surface area (Å²) in [6, 6.07) is 15.6. The minimum absolute atomic E-state index is 0. The van der Waals surface area contributed by atoms with Gasteiger partial charge < -0.3 is 15.8 Å². The second-order valence-corrected chi connectivity index (χ2v) is 5.56. The first-order valence-corrected chi connectivity index (χ1v) is 7.94. The Labute approximate surface area is 149 Å². The molecule has 24 heavy (non-hydrogen) atoms. The van der Waals surface area contributed by atoms with Crippen molar-refractivity contribution in [2.45, 2.75) is 26.2 Å². The number of para-hydroxylation sites is 1. The van der Waals surface area contributed by atoms with E-state index in [1.807, 2.05) is 55.5 Å². The molecule has 0 unspecified atom stereocenters. The molecule has 4 nitrogen and oxygen atoms in total. The average molecular weight is 349 g/mol. The van der Waals surface area contributed by atoms with E-state index in [1.54, 1.807) is 0 Å². The zero-order valence-electron chi connectivity index (χ0n) is 14.0. The number of anilines is 1. The zero-order valence-corrected chi connectivity index (χ0v) is 14.8. The maximum absolute atomic E-state index is 11.8. The smallest absolute Gasteiger partial charge is 0.220 e. The van der Waals surface area contributed by atoms with Gasteiger partial charge in [0, 0.05) is 18.7 Å². The molecule has 5 heteroatoms. The van der Waals surface area contributed by atoms with Crippen LogP contribution in [0.1, 0.15) is 24.0 Å². The number of nitrogens with one attached hydrogen (secondary N) is 1. The fourth-order valence-corrected chi connectivity index (χ4v) is 2.25. The molecular weight excluding hydrogens is 324 g/mol. The van der Waals surface area contributed by atoms with E-state index < -0.39 is 0 Å².